The predicted octanol–water partition coefficient (Wildman–Crippen LogP) is 3.16. The number of hydrogen-bond donors (Lipinski definition) is 2. The SMILES string of the molecule is CC1(C)CCCCC1Nc1cccc(C(=O)O)n1. The van der Waals surface area contributed by atoms with Gasteiger partial charge in [0.1, 0.15) is 5.82 Å². The van der Waals surface area contributed by atoms with E-state index in [0.717, 1.165) is 6.42 Å². The summed E-state index contributed by atoms with van der Waals surface area (Å²) in [6.45, 7) is 4.51. The molecule has 18 heavy (non-hydrogen) atoms. The number of anilines is 1. The van der Waals surface area contributed by atoms with Crippen molar-refractivity contribution in [1.29, 1.82) is 0 Å². The van der Waals surface area contributed by atoms with Gasteiger partial charge in [0, 0.05) is 6.04 Å². The van der Waals surface area contributed by atoms with Gasteiger partial charge >= 0.3 is 5.97 Å². The van der Waals surface area contributed by atoms with E-state index in [1.807, 2.05) is 6.07 Å². The Kier molecular flexibility index (Phi) is 3.55. The Labute approximate surface area is 107 Å². The van der Waals surface area contributed by atoms with E-state index < -0.39 is 5.97 Å². The van der Waals surface area contributed by atoms with Crippen LogP contribution in [0.15, 0.2) is 18.2 Å². The molecule has 0 radical (unpaired) electrons. The molecule has 2 rings (SSSR count). The topological polar surface area (TPSA) is 62.2 Å². The van der Waals surface area contributed by atoms with Crippen LogP contribution >= 0.6 is 0 Å². The second kappa shape index (κ2) is 4.96. The molecule has 98 valence electrons. The summed E-state index contributed by atoms with van der Waals surface area (Å²) in [6.07, 6.45) is 4.81. The van der Waals surface area contributed by atoms with Crippen LogP contribution in [0, 0.1) is 5.41 Å². The Morgan fingerprint density at radius 2 is 2.22 bits per heavy atom. The highest BCUT2D eigenvalue weighted by molar-refractivity contribution is 5.85. The molecular formula is C14H20N2O2. The van der Waals surface area contributed by atoms with Crippen LogP contribution in [0.25, 0.3) is 0 Å². The third-order valence-electron chi connectivity index (χ3n) is 3.80. The van der Waals surface area contributed by atoms with Gasteiger partial charge in [0.05, 0.1) is 0 Å². The summed E-state index contributed by atoms with van der Waals surface area (Å²) in [4.78, 5) is 15.0. The summed E-state index contributed by atoms with van der Waals surface area (Å²) in [7, 11) is 0. The third-order valence-corrected chi connectivity index (χ3v) is 3.80. The van der Waals surface area contributed by atoms with E-state index in [-0.39, 0.29) is 11.1 Å². The fourth-order valence-corrected chi connectivity index (χ4v) is 2.57. The zero-order valence-electron chi connectivity index (χ0n) is 10.9. The van der Waals surface area contributed by atoms with E-state index >= 15 is 0 Å². The normalized spacial score (nSPS) is 22.4. The lowest BCUT2D eigenvalue weighted by Crippen LogP contribution is -2.39. The Bertz CT molecular complexity index is 443. The molecule has 0 aromatic carbocycles. The maximum atomic E-state index is 10.9. The lowest BCUT2D eigenvalue weighted by Gasteiger charge is -2.39. The molecule has 1 unspecified atom stereocenters. The van der Waals surface area contributed by atoms with E-state index in [1.54, 1.807) is 6.07 Å². The maximum Gasteiger partial charge on any atom is 0.354 e. The Morgan fingerprint density at radius 1 is 1.44 bits per heavy atom. The molecule has 1 heterocycles. The van der Waals surface area contributed by atoms with Crippen molar-refractivity contribution in [2.45, 2.75) is 45.6 Å². The Morgan fingerprint density at radius 3 is 2.89 bits per heavy atom. The first-order valence-electron chi connectivity index (χ1n) is 6.46. The number of carboxylic acids is 1. The molecule has 0 saturated heterocycles. The molecule has 1 aromatic heterocycles. The quantitative estimate of drug-likeness (QED) is 0.862. The van der Waals surface area contributed by atoms with Crippen molar-refractivity contribution < 1.29 is 9.90 Å². The number of aromatic nitrogens is 1. The van der Waals surface area contributed by atoms with E-state index in [2.05, 4.69) is 24.1 Å². The number of hydrogen-bond acceptors (Lipinski definition) is 3. The van der Waals surface area contributed by atoms with Crippen LogP contribution in [-0.4, -0.2) is 22.1 Å². The molecule has 1 aromatic rings. The molecule has 1 fully saturated rings. The number of rotatable bonds is 3. The summed E-state index contributed by atoms with van der Waals surface area (Å²) >= 11 is 0. The van der Waals surface area contributed by atoms with Crippen LogP contribution in [0.1, 0.15) is 50.0 Å². The van der Waals surface area contributed by atoms with Gasteiger partial charge in [0.25, 0.3) is 0 Å². The van der Waals surface area contributed by atoms with Gasteiger partial charge in [-0.15, -0.1) is 0 Å². The minimum atomic E-state index is -0.985. The first kappa shape index (κ1) is 12.9. The van der Waals surface area contributed by atoms with Crippen molar-refractivity contribution in [3.05, 3.63) is 23.9 Å². The zero-order chi connectivity index (χ0) is 13.2. The van der Waals surface area contributed by atoms with Crippen molar-refractivity contribution in [2.75, 3.05) is 5.32 Å². The van der Waals surface area contributed by atoms with E-state index in [4.69, 9.17) is 5.11 Å². The van der Waals surface area contributed by atoms with Crippen molar-refractivity contribution in [3.8, 4) is 0 Å². The van der Waals surface area contributed by atoms with Crippen LogP contribution in [-0.2, 0) is 0 Å². The fourth-order valence-electron chi connectivity index (χ4n) is 2.57. The number of pyridine rings is 1. The number of carboxylic acid groups (broad SMARTS) is 1. The van der Waals surface area contributed by atoms with Crippen molar-refractivity contribution in [1.82, 2.24) is 4.98 Å². The number of carbonyl (C=O) groups is 1. The molecule has 0 spiro atoms. The van der Waals surface area contributed by atoms with Gasteiger partial charge in [-0.3, -0.25) is 0 Å². The van der Waals surface area contributed by atoms with Gasteiger partial charge in [-0.1, -0.05) is 32.8 Å². The summed E-state index contributed by atoms with van der Waals surface area (Å²) in [6, 6.07) is 5.44. The van der Waals surface area contributed by atoms with Crippen molar-refractivity contribution >= 4 is 11.8 Å². The molecule has 1 aliphatic rings. The second-order valence-corrected chi connectivity index (χ2v) is 5.64. The molecule has 1 atom stereocenters. The van der Waals surface area contributed by atoms with E-state index in [1.165, 1.54) is 25.3 Å². The molecule has 4 heteroatoms. The zero-order valence-corrected chi connectivity index (χ0v) is 10.9. The molecule has 1 aliphatic carbocycles. The van der Waals surface area contributed by atoms with Crippen LogP contribution in [0.4, 0.5) is 5.82 Å². The average Bonchev–Trinajstić information content (AvgIpc) is 2.32. The highest BCUT2D eigenvalue weighted by Gasteiger charge is 2.32. The van der Waals surface area contributed by atoms with Crippen LogP contribution in [0.3, 0.4) is 0 Å². The average molecular weight is 248 g/mol. The first-order valence-corrected chi connectivity index (χ1v) is 6.46. The molecule has 0 bridgehead atoms. The highest BCUT2D eigenvalue weighted by atomic mass is 16.4. The summed E-state index contributed by atoms with van der Waals surface area (Å²) in [5.41, 5.74) is 0.327. The molecule has 0 aliphatic heterocycles. The first-order chi connectivity index (χ1) is 8.49. The monoisotopic (exact) mass is 248 g/mol. The standard InChI is InChI=1S/C14H20N2O2/c1-14(2)9-4-3-7-11(14)16-12-8-5-6-10(15-12)13(17)18/h5-6,8,11H,3-4,7,9H2,1-2H3,(H,15,16)(H,17,18). The second-order valence-electron chi connectivity index (χ2n) is 5.64. The van der Waals surface area contributed by atoms with Crippen LogP contribution in [0.2, 0.25) is 0 Å². The molecular weight excluding hydrogens is 228 g/mol. The summed E-state index contributed by atoms with van der Waals surface area (Å²) in [5, 5.41) is 12.3. The summed E-state index contributed by atoms with van der Waals surface area (Å²) < 4.78 is 0. The van der Waals surface area contributed by atoms with E-state index in [0.29, 0.717) is 11.9 Å². The largest absolute Gasteiger partial charge is 0.477 e. The van der Waals surface area contributed by atoms with Crippen LogP contribution in [0.5, 0.6) is 0 Å². The summed E-state index contributed by atoms with van der Waals surface area (Å²) in [5.74, 6) is -0.323. The maximum absolute atomic E-state index is 10.9. The van der Waals surface area contributed by atoms with Gasteiger partial charge in [0.2, 0.25) is 0 Å². The smallest absolute Gasteiger partial charge is 0.354 e. The van der Waals surface area contributed by atoms with Gasteiger partial charge in [-0.25, -0.2) is 9.78 Å². The minimum absolute atomic E-state index is 0.0913. The number of nitrogens with zero attached hydrogens (tertiary/aromatic N) is 1. The van der Waals surface area contributed by atoms with Crippen molar-refractivity contribution in [2.24, 2.45) is 5.41 Å². The van der Waals surface area contributed by atoms with Gasteiger partial charge in [-0.2, -0.15) is 0 Å². The minimum Gasteiger partial charge on any atom is -0.477 e. The molecule has 0 amide bonds. The Hall–Kier alpha value is -1.58. The molecule has 4 nitrogen and oxygen atoms in total. The fraction of sp³-hybridized carbons (Fsp3) is 0.571. The number of aromatic carboxylic acids is 1. The van der Waals surface area contributed by atoms with Crippen LogP contribution < -0.4 is 5.32 Å². The van der Waals surface area contributed by atoms with E-state index in [9.17, 15) is 4.79 Å². The molecule has 1 saturated carbocycles. The number of nitrogens with one attached hydrogen (secondary N) is 1. The molecule has 2 N–H and O–H groups in total. The van der Waals surface area contributed by atoms with Gasteiger partial charge in [-0.05, 0) is 30.4 Å². The highest BCUT2D eigenvalue weighted by Crippen LogP contribution is 2.36. The lowest BCUT2D eigenvalue weighted by molar-refractivity contribution is 0.0690. The van der Waals surface area contributed by atoms with Gasteiger partial charge < -0.3 is 10.4 Å². The predicted molar refractivity (Wildman–Crippen MR) is 70.9 cm³/mol. The third kappa shape index (κ3) is 2.81. The van der Waals surface area contributed by atoms with Crippen molar-refractivity contribution in [3.63, 3.8) is 0 Å². The lowest BCUT2D eigenvalue weighted by atomic mass is 9.73. The van der Waals surface area contributed by atoms with Gasteiger partial charge in [0.15, 0.2) is 5.69 Å². The Balaban J connectivity index is 2.13.